The van der Waals surface area contributed by atoms with E-state index in [0.717, 1.165) is 25.8 Å². The standard InChI is InChI=1S/C16H25FN2O4/c17-12-5-14(16(22)23)19(8-12)7-9-1-2-10-6-18-13(15(20)21)4-11(10)3-9/h9-14,18H,1-8H2,(H,20,21)(H,22,23)/t9?,10?,11?,12-,13?,14-/m0/s1. The molecule has 0 spiro atoms. The van der Waals surface area contributed by atoms with Gasteiger partial charge in [-0.3, -0.25) is 14.5 Å². The van der Waals surface area contributed by atoms with E-state index < -0.39 is 30.2 Å². The Morgan fingerprint density at radius 1 is 1.09 bits per heavy atom. The van der Waals surface area contributed by atoms with E-state index in [2.05, 4.69) is 5.32 Å². The molecule has 0 bridgehead atoms. The number of hydrogen-bond donors (Lipinski definition) is 3. The zero-order chi connectivity index (χ0) is 16.6. The molecule has 3 N–H and O–H groups in total. The molecule has 0 radical (unpaired) electrons. The third-order valence-corrected chi connectivity index (χ3v) is 5.84. The molecule has 4 unspecified atom stereocenters. The second kappa shape index (κ2) is 6.73. The highest BCUT2D eigenvalue weighted by Gasteiger charge is 2.41. The molecular formula is C16H25FN2O4. The fourth-order valence-corrected chi connectivity index (χ4v) is 4.65. The van der Waals surface area contributed by atoms with Gasteiger partial charge in [0.1, 0.15) is 18.3 Å². The largest absolute Gasteiger partial charge is 0.480 e. The SMILES string of the molecule is O=C(O)C1CC2CC(CN3C[C@@H](F)C[C@H]3C(=O)O)CCC2CN1. The fraction of sp³-hybridized carbons (Fsp3) is 0.875. The van der Waals surface area contributed by atoms with Crippen LogP contribution in [-0.4, -0.2) is 64.9 Å². The van der Waals surface area contributed by atoms with Crippen molar-refractivity contribution in [3.05, 3.63) is 0 Å². The van der Waals surface area contributed by atoms with Gasteiger partial charge in [0.15, 0.2) is 0 Å². The molecule has 3 rings (SSSR count). The lowest BCUT2D eigenvalue weighted by atomic mass is 9.69. The van der Waals surface area contributed by atoms with Crippen molar-refractivity contribution >= 4 is 11.9 Å². The number of likely N-dealkylation sites (tertiary alicyclic amines) is 1. The van der Waals surface area contributed by atoms with Crippen molar-refractivity contribution < 1.29 is 24.2 Å². The van der Waals surface area contributed by atoms with Gasteiger partial charge < -0.3 is 15.5 Å². The summed E-state index contributed by atoms with van der Waals surface area (Å²) >= 11 is 0. The molecule has 3 aliphatic rings. The number of nitrogens with zero attached hydrogens (tertiary/aromatic N) is 1. The number of aliphatic carboxylic acids is 2. The monoisotopic (exact) mass is 328 g/mol. The number of carbonyl (C=O) groups is 2. The summed E-state index contributed by atoms with van der Waals surface area (Å²) in [7, 11) is 0. The van der Waals surface area contributed by atoms with Crippen LogP contribution < -0.4 is 5.32 Å². The molecular weight excluding hydrogens is 303 g/mol. The van der Waals surface area contributed by atoms with E-state index in [1.807, 2.05) is 0 Å². The minimum absolute atomic E-state index is 0.0825. The molecule has 0 aromatic carbocycles. The molecule has 3 fully saturated rings. The highest BCUT2D eigenvalue weighted by Crippen LogP contribution is 2.39. The first-order valence-electron chi connectivity index (χ1n) is 8.51. The zero-order valence-corrected chi connectivity index (χ0v) is 13.2. The van der Waals surface area contributed by atoms with Crippen LogP contribution >= 0.6 is 0 Å². The minimum atomic E-state index is -1.05. The number of hydrogen-bond acceptors (Lipinski definition) is 4. The summed E-state index contributed by atoms with van der Waals surface area (Å²) in [5.74, 6) is -0.494. The van der Waals surface area contributed by atoms with Crippen LogP contribution in [-0.2, 0) is 9.59 Å². The van der Waals surface area contributed by atoms with Gasteiger partial charge in [-0.2, -0.15) is 0 Å². The van der Waals surface area contributed by atoms with Crippen LogP contribution in [0.3, 0.4) is 0 Å². The maximum Gasteiger partial charge on any atom is 0.321 e. The quantitative estimate of drug-likeness (QED) is 0.712. The summed E-state index contributed by atoms with van der Waals surface area (Å²) in [5, 5.41) is 21.5. The van der Waals surface area contributed by atoms with Crippen molar-refractivity contribution in [2.45, 2.75) is 50.4 Å². The lowest BCUT2D eigenvalue weighted by Gasteiger charge is -2.42. The highest BCUT2D eigenvalue weighted by molar-refractivity contribution is 5.74. The number of carboxylic acid groups (broad SMARTS) is 2. The van der Waals surface area contributed by atoms with Crippen molar-refractivity contribution in [2.75, 3.05) is 19.6 Å². The minimum Gasteiger partial charge on any atom is -0.480 e. The third kappa shape index (κ3) is 3.66. The van der Waals surface area contributed by atoms with E-state index in [1.165, 1.54) is 0 Å². The first-order valence-corrected chi connectivity index (χ1v) is 8.51. The van der Waals surface area contributed by atoms with Crippen molar-refractivity contribution in [1.82, 2.24) is 10.2 Å². The zero-order valence-electron chi connectivity index (χ0n) is 13.2. The normalized spacial score (nSPS) is 41.4. The van der Waals surface area contributed by atoms with Crippen LogP contribution in [0.4, 0.5) is 4.39 Å². The molecule has 2 heterocycles. The average Bonchev–Trinajstić information content (AvgIpc) is 2.87. The molecule has 6 atom stereocenters. The Bertz CT molecular complexity index is 475. The molecule has 130 valence electrons. The number of alkyl halides is 1. The van der Waals surface area contributed by atoms with E-state index in [0.29, 0.717) is 30.7 Å². The third-order valence-electron chi connectivity index (χ3n) is 5.84. The van der Waals surface area contributed by atoms with E-state index in [1.54, 1.807) is 4.90 Å². The van der Waals surface area contributed by atoms with Gasteiger partial charge in [0.05, 0.1) is 0 Å². The predicted molar refractivity (Wildman–Crippen MR) is 80.9 cm³/mol. The van der Waals surface area contributed by atoms with Crippen LogP contribution in [0.25, 0.3) is 0 Å². The Labute approximate surface area is 135 Å². The molecule has 7 heteroatoms. The summed E-state index contributed by atoms with van der Waals surface area (Å²) in [6, 6.07) is -1.17. The van der Waals surface area contributed by atoms with Crippen molar-refractivity contribution in [3.8, 4) is 0 Å². The van der Waals surface area contributed by atoms with Crippen LogP contribution in [0.2, 0.25) is 0 Å². The van der Waals surface area contributed by atoms with Gasteiger partial charge in [-0.05, 0) is 50.0 Å². The van der Waals surface area contributed by atoms with Gasteiger partial charge in [-0.25, -0.2) is 4.39 Å². The van der Waals surface area contributed by atoms with E-state index in [-0.39, 0.29) is 13.0 Å². The Balaban J connectivity index is 1.57. The lowest BCUT2D eigenvalue weighted by molar-refractivity contribution is -0.143. The lowest BCUT2D eigenvalue weighted by Crippen LogP contribution is -2.50. The first kappa shape index (κ1) is 16.6. The van der Waals surface area contributed by atoms with Gasteiger partial charge in [0, 0.05) is 19.5 Å². The first-order chi connectivity index (χ1) is 10.9. The molecule has 0 amide bonds. The summed E-state index contributed by atoms with van der Waals surface area (Å²) in [6.07, 6.45) is 2.65. The molecule has 1 saturated carbocycles. The predicted octanol–water partition coefficient (Wildman–Crippen LogP) is 0.962. The Hall–Kier alpha value is -1.21. The van der Waals surface area contributed by atoms with Crippen LogP contribution in [0.15, 0.2) is 0 Å². The van der Waals surface area contributed by atoms with Crippen LogP contribution in [0, 0.1) is 17.8 Å². The molecule has 0 aromatic rings. The van der Waals surface area contributed by atoms with Gasteiger partial charge >= 0.3 is 11.9 Å². The molecule has 23 heavy (non-hydrogen) atoms. The smallest absolute Gasteiger partial charge is 0.321 e. The summed E-state index contributed by atoms with van der Waals surface area (Å²) in [6.45, 7) is 1.58. The second-order valence-electron chi connectivity index (χ2n) is 7.37. The maximum absolute atomic E-state index is 13.6. The second-order valence-corrected chi connectivity index (χ2v) is 7.37. The molecule has 1 aliphatic carbocycles. The summed E-state index contributed by atoms with van der Waals surface area (Å²) in [5.41, 5.74) is 0. The Morgan fingerprint density at radius 2 is 1.87 bits per heavy atom. The molecule has 6 nitrogen and oxygen atoms in total. The fourth-order valence-electron chi connectivity index (χ4n) is 4.65. The Kier molecular flexibility index (Phi) is 4.87. The van der Waals surface area contributed by atoms with Crippen molar-refractivity contribution in [1.29, 1.82) is 0 Å². The number of piperidine rings is 1. The summed E-state index contributed by atoms with van der Waals surface area (Å²) < 4.78 is 13.6. The van der Waals surface area contributed by atoms with Gasteiger partial charge in [0.2, 0.25) is 0 Å². The number of fused-ring (bicyclic) bond motifs is 1. The van der Waals surface area contributed by atoms with Gasteiger partial charge in [-0.15, -0.1) is 0 Å². The molecule has 0 aromatic heterocycles. The molecule has 2 saturated heterocycles. The molecule has 2 aliphatic heterocycles. The van der Waals surface area contributed by atoms with Crippen LogP contribution in [0.5, 0.6) is 0 Å². The number of nitrogens with one attached hydrogen (secondary N) is 1. The number of carboxylic acids is 2. The van der Waals surface area contributed by atoms with Crippen molar-refractivity contribution in [2.24, 2.45) is 17.8 Å². The highest BCUT2D eigenvalue weighted by atomic mass is 19.1. The Morgan fingerprint density at radius 3 is 2.57 bits per heavy atom. The van der Waals surface area contributed by atoms with Gasteiger partial charge in [-0.1, -0.05) is 0 Å². The van der Waals surface area contributed by atoms with Crippen molar-refractivity contribution in [3.63, 3.8) is 0 Å². The summed E-state index contributed by atoms with van der Waals surface area (Å²) in [4.78, 5) is 24.2. The topological polar surface area (TPSA) is 89.9 Å². The van der Waals surface area contributed by atoms with E-state index >= 15 is 0 Å². The van der Waals surface area contributed by atoms with Gasteiger partial charge in [0.25, 0.3) is 0 Å². The average molecular weight is 328 g/mol. The number of halogens is 1. The number of rotatable bonds is 4. The van der Waals surface area contributed by atoms with E-state index in [4.69, 9.17) is 0 Å². The van der Waals surface area contributed by atoms with Crippen LogP contribution in [0.1, 0.15) is 32.1 Å². The maximum atomic E-state index is 13.6. The van der Waals surface area contributed by atoms with E-state index in [9.17, 15) is 24.2 Å².